The molecule has 0 aromatic heterocycles. The van der Waals surface area contributed by atoms with Gasteiger partial charge in [-0.25, -0.2) is 0 Å². The molecule has 2 atom stereocenters. The molecule has 0 saturated heterocycles. The second-order valence-corrected chi connectivity index (χ2v) is 23.5. The zero-order valence-electron chi connectivity index (χ0n) is 50.8. The molecule has 0 saturated carbocycles. The van der Waals surface area contributed by atoms with Crippen molar-refractivity contribution in [1.29, 1.82) is 0 Å². The average Bonchev–Trinajstić information content (AvgIpc) is 3.41. The van der Waals surface area contributed by atoms with E-state index in [0.717, 1.165) is 44.9 Å². The maximum absolute atomic E-state index is 12.5. The summed E-state index contributed by atoms with van der Waals surface area (Å²) >= 11 is 0. The smallest absolute Gasteiger partial charge is 0.305 e. The molecule has 6 nitrogen and oxygen atoms in total. The number of hydrogen-bond donors (Lipinski definition) is 3. The predicted molar refractivity (Wildman–Crippen MR) is 329 cm³/mol. The highest BCUT2D eigenvalue weighted by atomic mass is 16.5. The van der Waals surface area contributed by atoms with Crippen LogP contribution >= 0.6 is 0 Å². The van der Waals surface area contributed by atoms with Gasteiger partial charge >= 0.3 is 5.97 Å². The van der Waals surface area contributed by atoms with Gasteiger partial charge in [0.05, 0.1) is 25.4 Å². The third-order valence-electron chi connectivity index (χ3n) is 16.0. The maximum atomic E-state index is 12.5. The Morgan fingerprint density at radius 1 is 0.360 bits per heavy atom. The van der Waals surface area contributed by atoms with Gasteiger partial charge in [0.25, 0.3) is 0 Å². The van der Waals surface area contributed by atoms with Crippen molar-refractivity contribution in [1.82, 2.24) is 5.32 Å². The summed E-state index contributed by atoms with van der Waals surface area (Å²) < 4.78 is 5.50. The predicted octanol–water partition coefficient (Wildman–Crippen LogP) is 21.8. The van der Waals surface area contributed by atoms with E-state index in [1.807, 2.05) is 6.08 Å². The van der Waals surface area contributed by atoms with Crippen molar-refractivity contribution in [3.05, 3.63) is 24.3 Å². The lowest BCUT2D eigenvalue weighted by Crippen LogP contribution is -2.45. The number of amides is 1. The molecular formula is C69H133NO5. The van der Waals surface area contributed by atoms with Crippen LogP contribution < -0.4 is 5.32 Å². The molecule has 0 aliphatic heterocycles. The van der Waals surface area contributed by atoms with E-state index in [-0.39, 0.29) is 18.5 Å². The van der Waals surface area contributed by atoms with Gasteiger partial charge in [-0.15, -0.1) is 0 Å². The van der Waals surface area contributed by atoms with Crippen LogP contribution in [0, 0.1) is 0 Å². The van der Waals surface area contributed by atoms with Gasteiger partial charge in [-0.3, -0.25) is 9.59 Å². The molecule has 2 unspecified atom stereocenters. The van der Waals surface area contributed by atoms with Crippen LogP contribution in [0.5, 0.6) is 0 Å². The Hall–Kier alpha value is -1.66. The number of hydrogen-bond acceptors (Lipinski definition) is 5. The molecule has 444 valence electrons. The minimum absolute atomic E-state index is 0.0117. The fraction of sp³-hybridized carbons (Fsp3) is 0.913. The van der Waals surface area contributed by atoms with Crippen LogP contribution in [0.4, 0.5) is 0 Å². The molecule has 0 aromatic carbocycles. The number of aliphatic hydroxyl groups excluding tert-OH is 2. The summed E-state index contributed by atoms with van der Waals surface area (Å²) in [5.74, 6) is -0.0529. The SMILES string of the molecule is CCCCCCCCC/C=C\CCCCCCCCCC(=O)OCCCCCCCCCCCCCCCCCCCCCCCCCC(=O)NC(CO)C(O)/C=C/CCCCCCCCCCCCCCCCC. The quantitative estimate of drug-likeness (QED) is 0.0320. The van der Waals surface area contributed by atoms with E-state index in [9.17, 15) is 19.8 Å². The van der Waals surface area contributed by atoms with Crippen molar-refractivity contribution < 1.29 is 24.5 Å². The summed E-state index contributed by atoms with van der Waals surface area (Å²) in [6.07, 6.45) is 81.0. The van der Waals surface area contributed by atoms with Crippen molar-refractivity contribution in [2.45, 2.75) is 392 Å². The number of aliphatic hydroxyl groups is 2. The number of carbonyl (C=O) groups excluding carboxylic acids is 2. The minimum atomic E-state index is -0.844. The van der Waals surface area contributed by atoms with Crippen molar-refractivity contribution in [3.63, 3.8) is 0 Å². The van der Waals surface area contributed by atoms with Crippen LogP contribution in [0.1, 0.15) is 380 Å². The van der Waals surface area contributed by atoms with Crippen molar-refractivity contribution in [2.24, 2.45) is 0 Å². The number of esters is 1. The highest BCUT2D eigenvalue weighted by Crippen LogP contribution is 2.18. The van der Waals surface area contributed by atoms with Gasteiger partial charge in [0.2, 0.25) is 5.91 Å². The fourth-order valence-electron chi connectivity index (χ4n) is 10.7. The third-order valence-corrected chi connectivity index (χ3v) is 16.0. The number of allylic oxidation sites excluding steroid dienone is 3. The highest BCUT2D eigenvalue weighted by molar-refractivity contribution is 5.76. The van der Waals surface area contributed by atoms with Gasteiger partial charge < -0.3 is 20.3 Å². The number of ether oxygens (including phenoxy) is 1. The van der Waals surface area contributed by atoms with Gasteiger partial charge in [-0.05, 0) is 57.8 Å². The zero-order valence-corrected chi connectivity index (χ0v) is 50.8. The second kappa shape index (κ2) is 64.9. The third kappa shape index (κ3) is 61.4. The Morgan fingerprint density at radius 2 is 0.627 bits per heavy atom. The van der Waals surface area contributed by atoms with Crippen LogP contribution in [-0.2, 0) is 14.3 Å². The normalized spacial score (nSPS) is 12.6. The first-order valence-electron chi connectivity index (χ1n) is 34.1. The van der Waals surface area contributed by atoms with E-state index >= 15 is 0 Å². The molecule has 0 radical (unpaired) electrons. The highest BCUT2D eigenvalue weighted by Gasteiger charge is 2.18. The number of unbranched alkanes of at least 4 members (excludes halogenated alkanes) is 51. The fourth-order valence-corrected chi connectivity index (χ4v) is 10.7. The number of carbonyl (C=O) groups is 2. The molecule has 0 fully saturated rings. The largest absolute Gasteiger partial charge is 0.466 e. The zero-order chi connectivity index (χ0) is 54.3. The summed E-state index contributed by atoms with van der Waals surface area (Å²) in [6.45, 7) is 4.93. The standard InChI is InChI=1S/C69H133NO5/c1-3-5-7-9-11-13-15-17-19-21-31-35-39-43-47-51-55-59-63-69(74)75-64-60-56-52-48-44-40-36-32-28-26-24-22-23-25-27-30-34-38-42-46-50-54-58-62-68(73)70-66(65-71)67(72)61-57-53-49-45-41-37-33-29-20-18-16-14-12-10-8-6-4-2/h19,21,57,61,66-67,71-72H,3-18,20,22-56,58-60,62-65H2,1-2H3,(H,70,73)/b21-19-,61-57+. The van der Waals surface area contributed by atoms with Gasteiger partial charge in [0, 0.05) is 12.8 Å². The van der Waals surface area contributed by atoms with Gasteiger partial charge in [0.15, 0.2) is 0 Å². The summed E-state index contributed by atoms with van der Waals surface area (Å²) in [5.41, 5.74) is 0. The average molecular weight is 1060 g/mol. The van der Waals surface area contributed by atoms with Crippen molar-refractivity contribution >= 4 is 11.9 Å². The Balaban J connectivity index is 3.38. The molecule has 0 aromatic rings. The van der Waals surface area contributed by atoms with Gasteiger partial charge in [0.1, 0.15) is 0 Å². The van der Waals surface area contributed by atoms with Crippen molar-refractivity contribution in [3.8, 4) is 0 Å². The lowest BCUT2D eigenvalue weighted by atomic mass is 10.0. The lowest BCUT2D eigenvalue weighted by Gasteiger charge is -2.20. The summed E-state index contributed by atoms with van der Waals surface area (Å²) in [5, 5.41) is 23.2. The Bertz CT molecular complexity index is 1170. The summed E-state index contributed by atoms with van der Waals surface area (Å²) in [6, 6.07) is -0.628. The molecular weight excluding hydrogens is 923 g/mol. The van der Waals surface area contributed by atoms with Crippen LogP contribution in [0.25, 0.3) is 0 Å². The van der Waals surface area contributed by atoms with Gasteiger partial charge in [-0.1, -0.05) is 334 Å². The first-order valence-corrected chi connectivity index (χ1v) is 34.1. The van der Waals surface area contributed by atoms with E-state index in [0.29, 0.717) is 19.4 Å². The molecule has 0 heterocycles. The molecule has 0 spiro atoms. The first-order chi connectivity index (χ1) is 37.0. The van der Waals surface area contributed by atoms with Crippen LogP contribution in [-0.4, -0.2) is 47.4 Å². The second-order valence-electron chi connectivity index (χ2n) is 23.5. The number of rotatable bonds is 64. The lowest BCUT2D eigenvalue weighted by molar-refractivity contribution is -0.143. The van der Waals surface area contributed by atoms with Crippen molar-refractivity contribution in [2.75, 3.05) is 13.2 Å². The first kappa shape index (κ1) is 73.3. The molecule has 0 aliphatic rings. The maximum Gasteiger partial charge on any atom is 0.305 e. The van der Waals surface area contributed by atoms with Crippen LogP contribution in [0.3, 0.4) is 0 Å². The number of nitrogens with one attached hydrogen (secondary N) is 1. The molecule has 0 rings (SSSR count). The summed E-state index contributed by atoms with van der Waals surface area (Å²) in [4.78, 5) is 24.6. The van der Waals surface area contributed by atoms with E-state index < -0.39 is 12.1 Å². The molecule has 0 bridgehead atoms. The van der Waals surface area contributed by atoms with E-state index in [4.69, 9.17) is 4.74 Å². The summed E-state index contributed by atoms with van der Waals surface area (Å²) in [7, 11) is 0. The van der Waals surface area contributed by atoms with Crippen LogP contribution in [0.15, 0.2) is 24.3 Å². The molecule has 1 amide bonds. The van der Waals surface area contributed by atoms with Gasteiger partial charge in [-0.2, -0.15) is 0 Å². The molecule has 3 N–H and O–H groups in total. The Kier molecular flexibility index (Phi) is 63.4. The molecule has 75 heavy (non-hydrogen) atoms. The Morgan fingerprint density at radius 3 is 0.947 bits per heavy atom. The molecule has 6 heteroatoms. The van der Waals surface area contributed by atoms with E-state index in [1.165, 1.54) is 308 Å². The molecule has 0 aliphatic carbocycles. The topological polar surface area (TPSA) is 95.9 Å². The minimum Gasteiger partial charge on any atom is -0.466 e. The van der Waals surface area contributed by atoms with E-state index in [2.05, 4.69) is 31.3 Å². The van der Waals surface area contributed by atoms with Crippen LogP contribution in [0.2, 0.25) is 0 Å². The van der Waals surface area contributed by atoms with E-state index in [1.54, 1.807) is 6.08 Å². The monoisotopic (exact) mass is 1060 g/mol. The Labute approximate surface area is 469 Å².